The second-order valence-electron chi connectivity index (χ2n) is 2.89. The molecular weight excluding hydrogens is 178 g/mol. The smallest absolute Gasteiger partial charge is 0.0804 e. The summed E-state index contributed by atoms with van der Waals surface area (Å²) < 4.78 is 23.4. The minimum atomic E-state index is -1.95. The summed E-state index contributed by atoms with van der Waals surface area (Å²) in [6, 6.07) is 2.31. The van der Waals surface area contributed by atoms with Crippen LogP contribution < -0.4 is 0 Å². The van der Waals surface area contributed by atoms with Gasteiger partial charge in [0.25, 0.3) is 0 Å². The van der Waals surface area contributed by atoms with E-state index in [0.29, 0.717) is 5.56 Å². The molecule has 0 fully saturated rings. The van der Waals surface area contributed by atoms with Crippen molar-refractivity contribution in [2.45, 2.75) is 12.4 Å². The summed E-state index contributed by atoms with van der Waals surface area (Å²) >= 11 is 0. The third-order valence-corrected chi connectivity index (χ3v) is 2.00. The van der Waals surface area contributed by atoms with Crippen LogP contribution in [-0.4, -0.2) is 16.5 Å². The van der Waals surface area contributed by atoms with Gasteiger partial charge >= 0.3 is 0 Å². The van der Waals surface area contributed by atoms with Crippen LogP contribution in [-0.2, 0) is 0 Å². The number of hydrogen-bond donors (Lipinski definition) is 0. The van der Waals surface area contributed by atoms with E-state index in [2.05, 4.69) is 10.3 Å². The van der Waals surface area contributed by atoms with Crippen molar-refractivity contribution in [3.05, 3.63) is 47.1 Å². The molecule has 1 unspecified atom stereocenters. The zero-order valence-electron chi connectivity index (χ0n) is 10.4. The van der Waals surface area contributed by atoms with Gasteiger partial charge in [0.15, 0.2) is 0 Å². The van der Waals surface area contributed by atoms with Crippen molar-refractivity contribution < 1.29 is 4.11 Å². The number of rotatable bonds is 2. The monoisotopic (exact) mass is 192 g/mol. The molecule has 72 valence electrons. The highest BCUT2D eigenvalue weighted by molar-refractivity contribution is 5.16. The Morgan fingerprint density at radius 3 is 3.43 bits per heavy atom. The Kier molecular flexibility index (Phi) is 1.69. The third-order valence-electron chi connectivity index (χ3n) is 2.00. The lowest BCUT2D eigenvalue weighted by atomic mass is 10.0. The zero-order chi connectivity index (χ0) is 12.5. The molecule has 14 heavy (non-hydrogen) atoms. The Balaban J connectivity index is 2.48. The lowest BCUT2D eigenvalue weighted by Crippen LogP contribution is -2.25. The van der Waals surface area contributed by atoms with E-state index >= 15 is 0 Å². The van der Waals surface area contributed by atoms with Gasteiger partial charge in [0.2, 0.25) is 0 Å². The highest BCUT2D eigenvalue weighted by Crippen LogP contribution is 2.26. The highest BCUT2D eigenvalue weighted by atomic mass is 16.3. The van der Waals surface area contributed by atoms with E-state index in [9.17, 15) is 4.91 Å². The lowest BCUT2D eigenvalue weighted by molar-refractivity contribution is 0.216. The molecule has 0 bridgehead atoms. The topological polar surface area (TPSA) is 45.6 Å². The van der Waals surface area contributed by atoms with Crippen molar-refractivity contribution in [3.63, 3.8) is 0 Å². The normalized spacial score (nSPS) is 28.3. The first-order valence-corrected chi connectivity index (χ1v) is 4.24. The number of aromatic nitrogens is 1. The van der Waals surface area contributed by atoms with Gasteiger partial charge < -0.3 is 0 Å². The number of nitroso groups, excluding NO2 is 1. The van der Waals surface area contributed by atoms with Gasteiger partial charge in [-0.25, -0.2) is 5.01 Å². The lowest BCUT2D eigenvalue weighted by Gasteiger charge is -2.27. The molecule has 0 amide bonds. The second kappa shape index (κ2) is 4.00. The Labute approximate surface area is 86.4 Å². The van der Waals surface area contributed by atoms with Gasteiger partial charge in [0, 0.05) is 15.1 Å². The molecule has 0 spiro atoms. The number of pyridine rings is 1. The van der Waals surface area contributed by atoms with Crippen molar-refractivity contribution in [2.75, 3.05) is 6.54 Å². The summed E-state index contributed by atoms with van der Waals surface area (Å²) in [6.45, 7) is 0.140. The Morgan fingerprint density at radius 2 is 2.71 bits per heavy atom. The predicted octanol–water partition coefficient (Wildman–Crippen LogP) is 2.07. The fraction of sp³-hybridized carbons (Fsp3) is 0.300. The quantitative estimate of drug-likeness (QED) is 0.532. The van der Waals surface area contributed by atoms with Crippen LogP contribution in [0.5, 0.6) is 0 Å². The van der Waals surface area contributed by atoms with E-state index < -0.39 is 12.4 Å². The average Bonchev–Trinajstić information content (AvgIpc) is 2.33. The minimum absolute atomic E-state index is 0.133. The van der Waals surface area contributed by atoms with E-state index in [4.69, 9.17) is 4.11 Å². The summed E-state index contributed by atoms with van der Waals surface area (Å²) in [6.07, 6.45) is 2.46. The standard InChI is InChI=1S/C10H11N3O/c14-12-13-7-2-1-5-10(13)9-4-3-6-11-8-9/h1-4,6,8,10H,5,7H2/i1D,5D2. The van der Waals surface area contributed by atoms with Crippen LogP contribution in [0.1, 0.15) is 22.1 Å². The molecule has 1 aliphatic rings. The van der Waals surface area contributed by atoms with E-state index in [1.54, 1.807) is 18.3 Å². The van der Waals surface area contributed by atoms with Crippen LogP contribution in [0, 0.1) is 4.91 Å². The average molecular weight is 192 g/mol. The van der Waals surface area contributed by atoms with Crippen LogP contribution >= 0.6 is 0 Å². The van der Waals surface area contributed by atoms with Gasteiger partial charge in [-0.1, -0.05) is 18.2 Å². The van der Waals surface area contributed by atoms with Gasteiger partial charge in [-0.05, 0) is 18.0 Å². The molecule has 0 saturated carbocycles. The maximum atomic E-state index is 10.7. The van der Waals surface area contributed by atoms with Gasteiger partial charge in [-0.3, -0.25) is 4.98 Å². The highest BCUT2D eigenvalue weighted by Gasteiger charge is 2.20. The summed E-state index contributed by atoms with van der Waals surface area (Å²) in [4.78, 5) is 14.6. The van der Waals surface area contributed by atoms with Crippen molar-refractivity contribution >= 4 is 0 Å². The van der Waals surface area contributed by atoms with E-state index in [1.807, 2.05) is 0 Å². The number of nitrogens with zero attached hydrogens (tertiary/aromatic N) is 3. The van der Waals surface area contributed by atoms with Crippen molar-refractivity contribution in [1.29, 1.82) is 0 Å². The molecule has 2 heterocycles. The van der Waals surface area contributed by atoms with E-state index in [1.165, 1.54) is 12.3 Å². The molecule has 0 N–H and O–H groups in total. The maximum absolute atomic E-state index is 10.7. The molecule has 0 aliphatic carbocycles. The molecule has 0 aromatic carbocycles. The molecule has 4 heteroatoms. The molecule has 0 radical (unpaired) electrons. The Morgan fingerprint density at radius 1 is 1.79 bits per heavy atom. The first-order valence-electron chi connectivity index (χ1n) is 5.74. The molecule has 1 aromatic heterocycles. The largest absolute Gasteiger partial charge is 0.264 e. The zero-order valence-corrected chi connectivity index (χ0v) is 7.42. The van der Waals surface area contributed by atoms with Crippen LogP contribution in [0.2, 0.25) is 0 Å². The fourth-order valence-electron chi connectivity index (χ4n) is 1.33. The van der Waals surface area contributed by atoms with Crippen LogP contribution in [0.3, 0.4) is 0 Å². The van der Waals surface area contributed by atoms with Gasteiger partial charge in [0.1, 0.15) is 0 Å². The first-order chi connectivity index (χ1) is 8.07. The summed E-state index contributed by atoms with van der Waals surface area (Å²) in [5.74, 6) is 0. The van der Waals surface area contributed by atoms with Gasteiger partial charge in [-0.15, -0.1) is 4.91 Å². The molecule has 4 nitrogen and oxygen atoms in total. The van der Waals surface area contributed by atoms with Crippen molar-refractivity contribution in [2.24, 2.45) is 5.29 Å². The third kappa shape index (κ3) is 1.64. The SMILES string of the molecule is [2H]C1=CCN(N=O)C(c2cccnc2)C1([2H])[2H]. The van der Waals surface area contributed by atoms with E-state index in [-0.39, 0.29) is 12.6 Å². The Hall–Kier alpha value is -1.71. The van der Waals surface area contributed by atoms with Gasteiger partial charge in [-0.2, -0.15) is 0 Å². The molecule has 1 aromatic rings. The van der Waals surface area contributed by atoms with Crippen LogP contribution in [0.4, 0.5) is 0 Å². The molecule has 0 saturated heterocycles. The predicted molar refractivity (Wildman–Crippen MR) is 53.2 cm³/mol. The summed E-state index contributed by atoms with van der Waals surface area (Å²) in [5, 5.41) is 3.92. The van der Waals surface area contributed by atoms with Gasteiger partial charge in [0.05, 0.1) is 19.2 Å². The summed E-state index contributed by atoms with van der Waals surface area (Å²) in [5.41, 5.74) is 0.537. The Bertz CT molecular complexity index is 449. The molecular formula is C10H11N3O. The second-order valence-corrected chi connectivity index (χ2v) is 2.89. The van der Waals surface area contributed by atoms with Crippen molar-refractivity contribution in [1.82, 2.24) is 9.99 Å². The molecule has 1 atom stereocenters. The number of hydrogen-bond acceptors (Lipinski definition) is 3. The summed E-state index contributed by atoms with van der Waals surface area (Å²) in [7, 11) is 0. The fourth-order valence-corrected chi connectivity index (χ4v) is 1.33. The first kappa shape index (κ1) is 5.90. The van der Waals surface area contributed by atoms with Crippen molar-refractivity contribution in [3.8, 4) is 0 Å². The maximum Gasteiger partial charge on any atom is 0.0804 e. The van der Waals surface area contributed by atoms with Crippen LogP contribution in [0.25, 0.3) is 0 Å². The van der Waals surface area contributed by atoms with E-state index in [0.717, 1.165) is 5.01 Å². The molecule has 1 aliphatic heterocycles. The molecule has 2 rings (SSSR count). The minimum Gasteiger partial charge on any atom is -0.264 e. The van der Waals surface area contributed by atoms with Crippen LogP contribution in [0.15, 0.2) is 41.9 Å².